The van der Waals surface area contributed by atoms with E-state index in [2.05, 4.69) is 10.0 Å². The van der Waals surface area contributed by atoms with Gasteiger partial charge in [0.15, 0.2) is 4.90 Å². The molecule has 2 N–H and O–H groups in total. The van der Waals surface area contributed by atoms with Crippen LogP contribution in [0.25, 0.3) is 0 Å². The Bertz CT molecular complexity index is 750. The highest BCUT2D eigenvalue weighted by Gasteiger charge is 2.29. The first kappa shape index (κ1) is 15.9. The minimum Gasteiger partial charge on any atom is -0.315 e. The molecule has 1 aliphatic heterocycles. The summed E-state index contributed by atoms with van der Waals surface area (Å²) in [5.41, 5.74) is -1.38. The molecule has 0 aromatic carbocycles. The molecule has 1 aliphatic rings. The first-order chi connectivity index (χ1) is 9.74. The molecule has 2 heterocycles. The molecule has 2 rings (SSSR count). The molecule has 8 nitrogen and oxygen atoms in total. The summed E-state index contributed by atoms with van der Waals surface area (Å²) in [6, 6.07) is -0.273. The number of aryl methyl sites for hydroxylation is 1. The van der Waals surface area contributed by atoms with E-state index in [0.717, 1.165) is 28.3 Å². The van der Waals surface area contributed by atoms with Crippen molar-refractivity contribution in [1.82, 2.24) is 19.2 Å². The highest BCUT2D eigenvalue weighted by Crippen LogP contribution is 2.13. The van der Waals surface area contributed by atoms with Crippen LogP contribution in [0.2, 0.25) is 0 Å². The normalized spacial score (nSPS) is 23.2. The van der Waals surface area contributed by atoms with Gasteiger partial charge in [0.05, 0.1) is 0 Å². The highest BCUT2D eigenvalue weighted by molar-refractivity contribution is 7.89. The third-order valence-corrected chi connectivity index (χ3v) is 5.31. The Morgan fingerprint density at radius 1 is 1.33 bits per heavy atom. The second kappa shape index (κ2) is 5.74. The standard InChI is InChI=1S/C12H20N4O4S/c1-8-4-5-13-6-9(8)14-21(19,20)10-7-15(2)12(18)16(3)11(10)17/h7-9,13-14H,4-6H2,1-3H3. The lowest BCUT2D eigenvalue weighted by Gasteiger charge is -2.29. The van der Waals surface area contributed by atoms with Crippen molar-refractivity contribution in [1.29, 1.82) is 0 Å². The molecule has 2 unspecified atom stereocenters. The fourth-order valence-electron chi connectivity index (χ4n) is 2.37. The van der Waals surface area contributed by atoms with Crippen LogP contribution in [0.4, 0.5) is 0 Å². The van der Waals surface area contributed by atoms with E-state index < -0.39 is 26.2 Å². The number of aromatic nitrogens is 2. The highest BCUT2D eigenvalue weighted by atomic mass is 32.2. The molecule has 0 saturated carbocycles. The minimum absolute atomic E-state index is 0.178. The summed E-state index contributed by atoms with van der Waals surface area (Å²) in [5, 5.41) is 3.12. The SMILES string of the molecule is CC1CCNCC1NS(=O)(=O)c1cn(C)c(=O)n(C)c1=O. The third kappa shape index (κ3) is 3.09. The average Bonchev–Trinajstić information content (AvgIpc) is 2.42. The number of hydrogen-bond acceptors (Lipinski definition) is 5. The van der Waals surface area contributed by atoms with Gasteiger partial charge in [-0.1, -0.05) is 6.92 Å². The molecule has 0 radical (unpaired) electrons. The van der Waals surface area contributed by atoms with Crippen LogP contribution < -0.4 is 21.3 Å². The van der Waals surface area contributed by atoms with Crippen LogP contribution in [0.3, 0.4) is 0 Å². The molecule has 1 fully saturated rings. The number of rotatable bonds is 3. The first-order valence-electron chi connectivity index (χ1n) is 6.73. The summed E-state index contributed by atoms with van der Waals surface area (Å²) in [4.78, 5) is 23.2. The van der Waals surface area contributed by atoms with Gasteiger partial charge in [-0.2, -0.15) is 0 Å². The minimum atomic E-state index is -3.97. The number of sulfonamides is 1. The summed E-state index contributed by atoms with van der Waals surface area (Å²) in [5.74, 6) is 0.178. The molecule has 0 aliphatic carbocycles. The zero-order chi connectivity index (χ0) is 15.8. The van der Waals surface area contributed by atoms with Crippen molar-refractivity contribution in [2.45, 2.75) is 24.3 Å². The molecule has 1 aromatic heterocycles. The maximum Gasteiger partial charge on any atom is 0.330 e. The van der Waals surface area contributed by atoms with Crippen LogP contribution in [-0.4, -0.2) is 36.7 Å². The Labute approximate surface area is 122 Å². The van der Waals surface area contributed by atoms with Gasteiger partial charge in [-0.3, -0.25) is 9.36 Å². The molecule has 1 aromatic rings. The average molecular weight is 316 g/mol. The molecule has 9 heteroatoms. The quantitative estimate of drug-likeness (QED) is 0.696. The predicted octanol–water partition coefficient (Wildman–Crippen LogP) is -1.64. The second-order valence-electron chi connectivity index (χ2n) is 5.45. The maximum absolute atomic E-state index is 12.4. The number of nitrogens with one attached hydrogen (secondary N) is 2. The molecule has 0 bridgehead atoms. The summed E-state index contributed by atoms with van der Waals surface area (Å²) in [6.45, 7) is 3.33. The van der Waals surface area contributed by atoms with Gasteiger partial charge in [0, 0.05) is 32.9 Å². The third-order valence-electron chi connectivity index (χ3n) is 3.84. The Kier molecular flexibility index (Phi) is 4.35. The van der Waals surface area contributed by atoms with Crippen LogP contribution in [0, 0.1) is 5.92 Å². The van der Waals surface area contributed by atoms with Gasteiger partial charge >= 0.3 is 5.69 Å². The lowest BCUT2D eigenvalue weighted by atomic mass is 9.96. The first-order valence-corrected chi connectivity index (χ1v) is 8.22. The van der Waals surface area contributed by atoms with E-state index in [4.69, 9.17) is 0 Å². The Morgan fingerprint density at radius 3 is 2.62 bits per heavy atom. The molecule has 0 spiro atoms. The number of nitrogens with zero attached hydrogens (tertiary/aromatic N) is 2. The molecule has 21 heavy (non-hydrogen) atoms. The van der Waals surface area contributed by atoms with Gasteiger partial charge in [0.1, 0.15) is 0 Å². The van der Waals surface area contributed by atoms with Crippen LogP contribution in [0.1, 0.15) is 13.3 Å². The topological polar surface area (TPSA) is 102 Å². The summed E-state index contributed by atoms with van der Waals surface area (Å²) < 4.78 is 29.3. The van der Waals surface area contributed by atoms with E-state index in [0.29, 0.717) is 6.54 Å². The Hall–Kier alpha value is -1.45. The van der Waals surface area contributed by atoms with Crippen molar-refractivity contribution in [3.8, 4) is 0 Å². The van der Waals surface area contributed by atoms with Crippen molar-refractivity contribution in [3.05, 3.63) is 27.0 Å². The van der Waals surface area contributed by atoms with Gasteiger partial charge < -0.3 is 9.88 Å². The van der Waals surface area contributed by atoms with E-state index in [9.17, 15) is 18.0 Å². The van der Waals surface area contributed by atoms with Crippen LogP contribution in [-0.2, 0) is 24.1 Å². The molecule has 2 atom stereocenters. The van der Waals surface area contributed by atoms with E-state index in [1.54, 1.807) is 0 Å². The Morgan fingerprint density at radius 2 is 2.00 bits per heavy atom. The summed E-state index contributed by atoms with van der Waals surface area (Å²) >= 11 is 0. The van der Waals surface area contributed by atoms with Crippen molar-refractivity contribution in [2.24, 2.45) is 20.0 Å². The zero-order valence-electron chi connectivity index (χ0n) is 12.3. The number of piperidine rings is 1. The maximum atomic E-state index is 12.4. The van der Waals surface area contributed by atoms with Crippen molar-refractivity contribution in [2.75, 3.05) is 13.1 Å². The Balaban J connectivity index is 2.41. The fraction of sp³-hybridized carbons (Fsp3) is 0.667. The molecule has 0 amide bonds. The van der Waals surface area contributed by atoms with Crippen molar-refractivity contribution in [3.63, 3.8) is 0 Å². The molecule has 118 valence electrons. The van der Waals surface area contributed by atoms with Gasteiger partial charge in [0.2, 0.25) is 10.0 Å². The van der Waals surface area contributed by atoms with E-state index in [-0.39, 0.29) is 12.0 Å². The van der Waals surface area contributed by atoms with Gasteiger partial charge in [-0.25, -0.2) is 17.9 Å². The lowest BCUT2D eigenvalue weighted by molar-refractivity contribution is 0.327. The second-order valence-corrected chi connectivity index (χ2v) is 7.13. The van der Waals surface area contributed by atoms with Crippen LogP contribution >= 0.6 is 0 Å². The lowest BCUT2D eigenvalue weighted by Crippen LogP contribution is -2.51. The van der Waals surface area contributed by atoms with Gasteiger partial charge in [-0.05, 0) is 18.9 Å². The molecular formula is C12H20N4O4S. The zero-order valence-corrected chi connectivity index (χ0v) is 13.1. The molecule has 1 saturated heterocycles. The smallest absolute Gasteiger partial charge is 0.315 e. The number of hydrogen-bond donors (Lipinski definition) is 2. The predicted molar refractivity (Wildman–Crippen MR) is 77.7 cm³/mol. The van der Waals surface area contributed by atoms with E-state index in [1.165, 1.54) is 14.1 Å². The van der Waals surface area contributed by atoms with Crippen molar-refractivity contribution >= 4 is 10.0 Å². The molecular weight excluding hydrogens is 296 g/mol. The summed E-state index contributed by atoms with van der Waals surface area (Å²) in [6.07, 6.45) is 1.92. The van der Waals surface area contributed by atoms with E-state index >= 15 is 0 Å². The van der Waals surface area contributed by atoms with Crippen molar-refractivity contribution < 1.29 is 8.42 Å². The van der Waals surface area contributed by atoms with Gasteiger partial charge in [-0.15, -0.1) is 0 Å². The van der Waals surface area contributed by atoms with Gasteiger partial charge in [0.25, 0.3) is 5.56 Å². The fourth-order valence-corrected chi connectivity index (χ4v) is 3.87. The van der Waals surface area contributed by atoms with Crippen LogP contribution in [0.5, 0.6) is 0 Å². The monoisotopic (exact) mass is 316 g/mol. The van der Waals surface area contributed by atoms with E-state index in [1.807, 2.05) is 6.92 Å². The van der Waals surface area contributed by atoms with Crippen LogP contribution in [0.15, 0.2) is 20.7 Å². The largest absolute Gasteiger partial charge is 0.330 e. The summed E-state index contributed by atoms with van der Waals surface area (Å²) in [7, 11) is -1.30.